The quantitative estimate of drug-likeness (QED) is 0.326. The second-order valence-corrected chi connectivity index (χ2v) is 7.83. The summed E-state index contributed by atoms with van der Waals surface area (Å²) in [4.78, 5) is 26.1. The van der Waals surface area contributed by atoms with Gasteiger partial charge in [0.15, 0.2) is 0 Å². The Labute approximate surface area is 169 Å². The third-order valence-electron chi connectivity index (χ3n) is 4.71. The number of thioether (sulfide) groups is 1. The van der Waals surface area contributed by atoms with Crippen LogP contribution >= 0.6 is 11.8 Å². The van der Waals surface area contributed by atoms with Crippen molar-refractivity contribution in [3.05, 3.63) is 59.4 Å². The molecule has 1 fully saturated rings. The number of anilines is 1. The molecule has 2 amide bonds. The molecule has 1 heterocycles. The van der Waals surface area contributed by atoms with E-state index < -0.39 is 41.3 Å². The molecule has 2 aromatic rings. The molecule has 2 unspecified atom stereocenters. The zero-order valence-electron chi connectivity index (χ0n) is 15.6. The van der Waals surface area contributed by atoms with Gasteiger partial charge >= 0.3 is 6.18 Å². The van der Waals surface area contributed by atoms with Gasteiger partial charge in [-0.1, -0.05) is 25.1 Å². The Morgan fingerprint density at radius 3 is 2.52 bits per heavy atom. The number of carbonyl (C=O) groups excluding carboxylic acids is 2. The first-order chi connectivity index (χ1) is 13.6. The van der Waals surface area contributed by atoms with Crippen molar-refractivity contribution in [1.82, 2.24) is 4.90 Å². The van der Waals surface area contributed by atoms with Crippen molar-refractivity contribution in [2.45, 2.75) is 24.0 Å². The van der Waals surface area contributed by atoms with Gasteiger partial charge in [0, 0.05) is 11.9 Å². The van der Waals surface area contributed by atoms with Crippen LogP contribution in [0.4, 0.5) is 23.2 Å². The molecule has 0 spiro atoms. The SMILES string of the molecule is CCSc1ccc(C2C(C(=O)Nc3ccccc3F)C(=O)N2C)cc1C(F)(F)F. The molecule has 2 atom stereocenters. The van der Waals surface area contributed by atoms with Gasteiger partial charge < -0.3 is 10.2 Å². The summed E-state index contributed by atoms with van der Waals surface area (Å²) >= 11 is 1.07. The second kappa shape index (κ2) is 8.06. The van der Waals surface area contributed by atoms with Crippen LogP contribution in [0, 0.1) is 11.7 Å². The van der Waals surface area contributed by atoms with Crippen LogP contribution in [0.2, 0.25) is 0 Å². The minimum Gasteiger partial charge on any atom is -0.337 e. The monoisotopic (exact) mass is 426 g/mol. The average molecular weight is 426 g/mol. The summed E-state index contributed by atoms with van der Waals surface area (Å²) in [7, 11) is 1.42. The number of β-lactam (4-membered cyclic amide) rings is 1. The average Bonchev–Trinajstić information content (AvgIpc) is 2.67. The van der Waals surface area contributed by atoms with Crippen LogP contribution in [-0.2, 0) is 15.8 Å². The molecule has 1 aliphatic rings. The fraction of sp³-hybridized carbons (Fsp3) is 0.300. The molecule has 4 nitrogen and oxygen atoms in total. The number of hydrogen-bond acceptors (Lipinski definition) is 3. The Morgan fingerprint density at radius 2 is 1.90 bits per heavy atom. The molecule has 1 N–H and O–H groups in total. The summed E-state index contributed by atoms with van der Waals surface area (Å²) in [6.07, 6.45) is -4.56. The highest BCUT2D eigenvalue weighted by molar-refractivity contribution is 7.99. The lowest BCUT2D eigenvalue weighted by molar-refractivity contribution is -0.158. The van der Waals surface area contributed by atoms with Crippen LogP contribution in [0.5, 0.6) is 0 Å². The van der Waals surface area contributed by atoms with Crippen LogP contribution in [-0.4, -0.2) is 29.5 Å². The smallest absolute Gasteiger partial charge is 0.337 e. The number of halogens is 4. The normalized spacial score (nSPS) is 19.1. The number of para-hydroxylation sites is 1. The molecule has 9 heteroatoms. The van der Waals surface area contributed by atoms with Gasteiger partial charge in [-0.15, -0.1) is 11.8 Å². The Kier molecular flexibility index (Phi) is 5.88. The van der Waals surface area contributed by atoms with E-state index in [2.05, 4.69) is 5.32 Å². The van der Waals surface area contributed by atoms with Crippen LogP contribution in [0.25, 0.3) is 0 Å². The highest BCUT2D eigenvalue weighted by atomic mass is 32.2. The highest BCUT2D eigenvalue weighted by Crippen LogP contribution is 2.43. The lowest BCUT2D eigenvalue weighted by atomic mass is 9.81. The van der Waals surface area contributed by atoms with Crippen LogP contribution < -0.4 is 5.32 Å². The summed E-state index contributed by atoms with van der Waals surface area (Å²) < 4.78 is 54.2. The fourth-order valence-corrected chi connectivity index (χ4v) is 4.12. The molecule has 1 aliphatic heterocycles. The molecule has 0 radical (unpaired) electrons. The minimum atomic E-state index is -4.56. The van der Waals surface area contributed by atoms with Crippen molar-refractivity contribution in [2.24, 2.45) is 5.92 Å². The number of nitrogens with one attached hydrogen (secondary N) is 1. The molecule has 0 saturated carbocycles. The Morgan fingerprint density at radius 1 is 1.21 bits per heavy atom. The van der Waals surface area contributed by atoms with E-state index in [1.165, 1.54) is 42.3 Å². The molecule has 3 rings (SSSR count). The first kappa shape index (κ1) is 21.2. The molecule has 0 bridgehead atoms. The van der Waals surface area contributed by atoms with Gasteiger partial charge in [0.25, 0.3) is 0 Å². The summed E-state index contributed by atoms with van der Waals surface area (Å²) in [6, 6.07) is 8.43. The summed E-state index contributed by atoms with van der Waals surface area (Å²) in [6.45, 7) is 1.75. The maximum Gasteiger partial charge on any atom is 0.417 e. The van der Waals surface area contributed by atoms with Gasteiger partial charge in [0.1, 0.15) is 11.7 Å². The van der Waals surface area contributed by atoms with Gasteiger partial charge in [-0.2, -0.15) is 13.2 Å². The third kappa shape index (κ3) is 4.10. The van der Waals surface area contributed by atoms with Crippen molar-refractivity contribution in [3.63, 3.8) is 0 Å². The molecule has 1 saturated heterocycles. The number of benzene rings is 2. The number of carbonyl (C=O) groups is 2. The third-order valence-corrected chi connectivity index (χ3v) is 5.67. The van der Waals surface area contributed by atoms with E-state index in [0.717, 1.165) is 23.9 Å². The Bertz CT molecular complexity index is 948. The second-order valence-electron chi connectivity index (χ2n) is 6.53. The Balaban J connectivity index is 1.92. The number of rotatable bonds is 5. The number of hydrogen-bond donors (Lipinski definition) is 1. The highest BCUT2D eigenvalue weighted by Gasteiger charge is 2.51. The Hall–Kier alpha value is -2.55. The van der Waals surface area contributed by atoms with E-state index >= 15 is 0 Å². The van der Waals surface area contributed by atoms with E-state index in [4.69, 9.17) is 0 Å². The van der Waals surface area contributed by atoms with Crippen molar-refractivity contribution in [2.75, 3.05) is 18.1 Å². The van der Waals surface area contributed by atoms with E-state index in [-0.39, 0.29) is 16.1 Å². The molecule has 2 aromatic carbocycles. The molecule has 29 heavy (non-hydrogen) atoms. The zero-order valence-corrected chi connectivity index (χ0v) is 16.4. The summed E-state index contributed by atoms with van der Waals surface area (Å²) in [5.41, 5.74) is -0.694. The minimum absolute atomic E-state index is 0.0874. The van der Waals surface area contributed by atoms with Gasteiger partial charge in [-0.25, -0.2) is 4.39 Å². The van der Waals surface area contributed by atoms with Gasteiger partial charge in [-0.3, -0.25) is 9.59 Å². The van der Waals surface area contributed by atoms with E-state index in [9.17, 15) is 27.2 Å². The number of amides is 2. The van der Waals surface area contributed by atoms with E-state index in [1.807, 2.05) is 0 Å². The lowest BCUT2D eigenvalue weighted by Crippen LogP contribution is -2.57. The fourth-order valence-electron chi connectivity index (χ4n) is 3.31. The predicted octanol–water partition coefficient (Wildman–Crippen LogP) is 4.72. The summed E-state index contributed by atoms with van der Waals surface area (Å²) in [5.74, 6) is -2.73. The summed E-state index contributed by atoms with van der Waals surface area (Å²) in [5, 5.41) is 2.35. The van der Waals surface area contributed by atoms with Crippen molar-refractivity contribution < 1.29 is 27.2 Å². The molecular weight excluding hydrogens is 408 g/mol. The standard InChI is InChI=1S/C20H18F4N2O2S/c1-3-29-15-9-8-11(10-12(15)20(22,23)24)17-16(19(28)26(17)2)18(27)25-14-7-5-4-6-13(14)21/h4-10,16-17H,3H2,1-2H3,(H,25,27). The topological polar surface area (TPSA) is 49.4 Å². The van der Waals surface area contributed by atoms with Gasteiger partial charge in [-0.05, 0) is 35.6 Å². The van der Waals surface area contributed by atoms with Crippen molar-refractivity contribution in [3.8, 4) is 0 Å². The van der Waals surface area contributed by atoms with Gasteiger partial charge in [0.05, 0.1) is 17.3 Å². The maximum absolute atomic E-state index is 13.8. The van der Waals surface area contributed by atoms with Gasteiger partial charge in [0.2, 0.25) is 11.8 Å². The molecule has 154 valence electrons. The number of alkyl halides is 3. The lowest BCUT2D eigenvalue weighted by Gasteiger charge is -2.44. The van der Waals surface area contributed by atoms with Crippen LogP contribution in [0.3, 0.4) is 0 Å². The largest absolute Gasteiger partial charge is 0.417 e. The molecule has 0 aromatic heterocycles. The number of likely N-dealkylation sites (tertiary alicyclic amines) is 1. The van der Waals surface area contributed by atoms with Crippen LogP contribution in [0.1, 0.15) is 24.1 Å². The zero-order chi connectivity index (χ0) is 21.3. The molecule has 0 aliphatic carbocycles. The first-order valence-corrected chi connectivity index (χ1v) is 9.79. The van der Waals surface area contributed by atoms with E-state index in [1.54, 1.807) is 6.92 Å². The van der Waals surface area contributed by atoms with E-state index in [0.29, 0.717) is 5.75 Å². The van der Waals surface area contributed by atoms with Crippen LogP contribution in [0.15, 0.2) is 47.4 Å². The maximum atomic E-state index is 13.8. The van der Waals surface area contributed by atoms with Crippen molar-refractivity contribution in [1.29, 1.82) is 0 Å². The van der Waals surface area contributed by atoms with Crippen molar-refractivity contribution >= 4 is 29.3 Å². The number of nitrogens with zero attached hydrogens (tertiary/aromatic N) is 1. The predicted molar refractivity (Wildman–Crippen MR) is 102 cm³/mol. The first-order valence-electron chi connectivity index (χ1n) is 8.81. The molecular formula is C20H18F4N2O2S.